The number of fused-ring (bicyclic) bond motifs is 2. The Morgan fingerprint density at radius 3 is 1.59 bits per heavy atom. The third-order valence-electron chi connectivity index (χ3n) is 4.71. The lowest BCUT2D eigenvalue weighted by atomic mass is 10.0. The molecule has 4 rings (SSSR count). The van der Waals surface area contributed by atoms with Crippen molar-refractivity contribution < 1.29 is 0 Å². The first kappa shape index (κ1) is 13.3. The standard InChI is InChI=1S/C22H20/c1(7-17-13-15-19-9-3-5-11-21(17)19)2-8-18-14-16-20-10-4-6-12-22(18)20/h1-6,9-14H,7-8,15-16H2. The smallest absolute Gasteiger partial charge is 0.00853 e. The van der Waals surface area contributed by atoms with Crippen LogP contribution in [-0.2, 0) is 12.8 Å². The van der Waals surface area contributed by atoms with E-state index in [1.807, 2.05) is 0 Å². The Morgan fingerprint density at radius 2 is 1.09 bits per heavy atom. The fourth-order valence-corrected chi connectivity index (χ4v) is 3.52. The number of rotatable bonds is 4. The van der Waals surface area contributed by atoms with Gasteiger partial charge in [0.2, 0.25) is 0 Å². The van der Waals surface area contributed by atoms with Crippen molar-refractivity contribution in [2.75, 3.05) is 0 Å². The van der Waals surface area contributed by atoms with Gasteiger partial charge in [-0.2, -0.15) is 0 Å². The van der Waals surface area contributed by atoms with Gasteiger partial charge in [0.1, 0.15) is 0 Å². The molecule has 0 atom stereocenters. The van der Waals surface area contributed by atoms with Crippen LogP contribution in [0.25, 0.3) is 11.1 Å². The van der Waals surface area contributed by atoms with Crippen LogP contribution in [-0.4, -0.2) is 0 Å². The molecule has 0 saturated carbocycles. The number of benzene rings is 2. The van der Waals surface area contributed by atoms with Gasteiger partial charge in [0.15, 0.2) is 0 Å². The Bertz CT molecular complexity index is 720. The molecule has 2 aromatic rings. The van der Waals surface area contributed by atoms with Gasteiger partial charge in [0, 0.05) is 0 Å². The average Bonchev–Trinajstić information content (AvgIpc) is 3.16. The minimum atomic E-state index is 1.05. The second-order valence-electron chi connectivity index (χ2n) is 6.06. The van der Waals surface area contributed by atoms with Gasteiger partial charge < -0.3 is 0 Å². The Labute approximate surface area is 132 Å². The molecule has 2 aliphatic carbocycles. The fourth-order valence-electron chi connectivity index (χ4n) is 3.52. The Kier molecular flexibility index (Phi) is 3.52. The monoisotopic (exact) mass is 284 g/mol. The van der Waals surface area contributed by atoms with Crippen molar-refractivity contribution in [2.24, 2.45) is 0 Å². The van der Waals surface area contributed by atoms with Crippen LogP contribution in [0.3, 0.4) is 0 Å². The first-order chi connectivity index (χ1) is 10.9. The first-order valence-electron chi connectivity index (χ1n) is 8.11. The molecule has 2 aromatic carbocycles. The minimum absolute atomic E-state index is 1.05. The molecule has 0 amide bonds. The molecular formula is C22H20. The van der Waals surface area contributed by atoms with Crippen LogP contribution >= 0.6 is 0 Å². The molecule has 0 aliphatic heterocycles. The molecule has 0 saturated heterocycles. The van der Waals surface area contributed by atoms with E-state index < -0.39 is 0 Å². The molecule has 0 radical (unpaired) electrons. The second-order valence-corrected chi connectivity index (χ2v) is 6.06. The Balaban J connectivity index is 1.39. The molecule has 0 aromatic heterocycles. The van der Waals surface area contributed by atoms with E-state index in [0.717, 1.165) is 25.7 Å². The summed E-state index contributed by atoms with van der Waals surface area (Å²) in [5.74, 6) is 0. The van der Waals surface area contributed by atoms with Gasteiger partial charge in [-0.05, 0) is 59.1 Å². The van der Waals surface area contributed by atoms with Gasteiger partial charge >= 0.3 is 0 Å². The summed E-state index contributed by atoms with van der Waals surface area (Å²) in [6.45, 7) is 0. The lowest BCUT2D eigenvalue weighted by molar-refractivity contribution is 1.31. The van der Waals surface area contributed by atoms with Crippen molar-refractivity contribution in [1.82, 2.24) is 0 Å². The summed E-state index contributed by atoms with van der Waals surface area (Å²) < 4.78 is 0. The van der Waals surface area contributed by atoms with Gasteiger partial charge in [-0.25, -0.2) is 0 Å². The summed E-state index contributed by atoms with van der Waals surface area (Å²) in [7, 11) is 0. The number of allylic oxidation sites excluding steroid dienone is 6. The van der Waals surface area contributed by atoms with Gasteiger partial charge in [-0.15, -0.1) is 0 Å². The lowest BCUT2D eigenvalue weighted by Gasteiger charge is -2.04. The molecule has 0 spiro atoms. The minimum Gasteiger partial charge on any atom is -0.0838 e. The zero-order chi connectivity index (χ0) is 14.8. The van der Waals surface area contributed by atoms with Crippen molar-refractivity contribution in [3.63, 3.8) is 0 Å². The van der Waals surface area contributed by atoms with E-state index in [-0.39, 0.29) is 0 Å². The maximum Gasteiger partial charge on any atom is -0.00853 e. The second kappa shape index (κ2) is 5.81. The molecule has 0 fully saturated rings. The highest BCUT2D eigenvalue weighted by atomic mass is 14.2. The number of hydrogen-bond acceptors (Lipinski definition) is 0. The summed E-state index contributed by atoms with van der Waals surface area (Å²) in [6.07, 6.45) is 13.7. The summed E-state index contributed by atoms with van der Waals surface area (Å²) in [5.41, 5.74) is 8.78. The van der Waals surface area contributed by atoms with Crippen LogP contribution in [0.1, 0.15) is 35.1 Å². The van der Waals surface area contributed by atoms with E-state index in [4.69, 9.17) is 0 Å². The summed E-state index contributed by atoms with van der Waals surface area (Å²) in [6, 6.07) is 17.5. The van der Waals surface area contributed by atoms with E-state index in [2.05, 4.69) is 72.8 Å². The molecular weight excluding hydrogens is 264 g/mol. The van der Waals surface area contributed by atoms with Gasteiger partial charge in [-0.3, -0.25) is 0 Å². The Morgan fingerprint density at radius 1 is 0.636 bits per heavy atom. The quantitative estimate of drug-likeness (QED) is 0.641. The topological polar surface area (TPSA) is 0 Å². The predicted molar refractivity (Wildman–Crippen MR) is 94.6 cm³/mol. The van der Waals surface area contributed by atoms with Crippen LogP contribution in [0.15, 0.2) is 72.8 Å². The number of hydrogen-bond donors (Lipinski definition) is 0. The molecule has 0 heterocycles. The molecule has 0 nitrogen and oxygen atoms in total. The van der Waals surface area contributed by atoms with Crippen molar-refractivity contribution in [3.8, 4) is 0 Å². The lowest BCUT2D eigenvalue weighted by Crippen LogP contribution is -1.83. The van der Waals surface area contributed by atoms with Crippen LogP contribution in [0.2, 0.25) is 0 Å². The molecule has 0 heteroatoms. The molecule has 108 valence electrons. The third kappa shape index (κ3) is 2.46. The maximum atomic E-state index is 2.37. The van der Waals surface area contributed by atoms with Crippen molar-refractivity contribution in [1.29, 1.82) is 0 Å². The first-order valence-corrected chi connectivity index (χ1v) is 8.11. The van der Waals surface area contributed by atoms with E-state index in [0.29, 0.717) is 0 Å². The summed E-state index contributed by atoms with van der Waals surface area (Å²) in [5, 5.41) is 0. The highest BCUT2D eigenvalue weighted by Gasteiger charge is 2.12. The van der Waals surface area contributed by atoms with Gasteiger partial charge in [-0.1, -0.05) is 72.8 Å². The van der Waals surface area contributed by atoms with Crippen LogP contribution < -0.4 is 0 Å². The van der Waals surface area contributed by atoms with Crippen LogP contribution in [0.5, 0.6) is 0 Å². The predicted octanol–water partition coefficient (Wildman–Crippen LogP) is 5.60. The average molecular weight is 284 g/mol. The molecule has 0 N–H and O–H groups in total. The Hall–Kier alpha value is -2.34. The maximum absolute atomic E-state index is 2.37. The van der Waals surface area contributed by atoms with E-state index in [1.54, 1.807) is 0 Å². The third-order valence-corrected chi connectivity index (χ3v) is 4.71. The zero-order valence-electron chi connectivity index (χ0n) is 12.8. The highest BCUT2D eigenvalue weighted by Crippen LogP contribution is 2.31. The van der Waals surface area contributed by atoms with Crippen LogP contribution in [0, 0.1) is 0 Å². The van der Waals surface area contributed by atoms with E-state index in [9.17, 15) is 0 Å². The van der Waals surface area contributed by atoms with Crippen molar-refractivity contribution in [2.45, 2.75) is 25.7 Å². The van der Waals surface area contributed by atoms with Gasteiger partial charge in [0.25, 0.3) is 0 Å². The van der Waals surface area contributed by atoms with E-state index in [1.165, 1.54) is 33.4 Å². The van der Waals surface area contributed by atoms with Crippen LogP contribution in [0.4, 0.5) is 0 Å². The molecule has 0 bridgehead atoms. The molecule has 2 aliphatic rings. The fraction of sp³-hybridized carbons (Fsp3) is 0.182. The zero-order valence-corrected chi connectivity index (χ0v) is 12.8. The highest BCUT2D eigenvalue weighted by molar-refractivity contribution is 5.75. The molecule has 0 unspecified atom stereocenters. The normalized spacial score (nSPS) is 15.6. The van der Waals surface area contributed by atoms with Gasteiger partial charge in [0.05, 0.1) is 0 Å². The summed E-state index contributed by atoms with van der Waals surface area (Å²) in [4.78, 5) is 0. The van der Waals surface area contributed by atoms with Crippen molar-refractivity contribution in [3.05, 3.63) is 95.1 Å². The van der Waals surface area contributed by atoms with E-state index >= 15 is 0 Å². The molecule has 22 heavy (non-hydrogen) atoms. The SMILES string of the molecule is C(=CCC1=CCc2ccccc21)CC1=CCc2ccccc21. The van der Waals surface area contributed by atoms with Crippen molar-refractivity contribution >= 4 is 11.1 Å². The summed E-state index contributed by atoms with van der Waals surface area (Å²) >= 11 is 0. The largest absolute Gasteiger partial charge is 0.0838 e.